The zero-order valence-corrected chi connectivity index (χ0v) is 12.9. The Labute approximate surface area is 125 Å². The molecular weight excluding hydrogens is 272 g/mol. The number of rotatable bonds is 6. The smallest absolute Gasteiger partial charge is 0.373 e. The fourth-order valence-electron chi connectivity index (χ4n) is 2.40. The molecule has 1 aromatic heterocycles. The number of hydrogen-bond donors (Lipinski definition) is 1. The number of ether oxygens (including phenoxy) is 2. The first-order valence-electron chi connectivity index (χ1n) is 7.39. The molecule has 118 valence electrons. The molecule has 1 aliphatic rings. The van der Waals surface area contributed by atoms with Crippen LogP contribution >= 0.6 is 0 Å². The maximum atomic E-state index is 11.4. The van der Waals surface area contributed by atoms with Crippen molar-refractivity contribution < 1.29 is 18.7 Å². The van der Waals surface area contributed by atoms with E-state index in [0.717, 1.165) is 38.5 Å². The lowest BCUT2D eigenvalue weighted by Gasteiger charge is -2.32. The van der Waals surface area contributed by atoms with Crippen molar-refractivity contribution in [3.63, 3.8) is 0 Å². The first kappa shape index (κ1) is 16.0. The van der Waals surface area contributed by atoms with E-state index in [-0.39, 0.29) is 17.9 Å². The van der Waals surface area contributed by atoms with Crippen molar-refractivity contribution >= 4 is 5.97 Å². The van der Waals surface area contributed by atoms with E-state index in [9.17, 15) is 4.79 Å². The molecule has 21 heavy (non-hydrogen) atoms. The van der Waals surface area contributed by atoms with Crippen molar-refractivity contribution in [2.75, 3.05) is 39.9 Å². The Morgan fingerprint density at radius 1 is 1.57 bits per heavy atom. The van der Waals surface area contributed by atoms with Crippen LogP contribution < -0.4 is 5.32 Å². The third-order valence-corrected chi connectivity index (χ3v) is 3.76. The molecule has 2 unspecified atom stereocenters. The summed E-state index contributed by atoms with van der Waals surface area (Å²) in [6, 6.07) is 3.45. The summed E-state index contributed by atoms with van der Waals surface area (Å²) in [5.74, 6) is 0.494. The molecule has 6 heteroatoms. The molecule has 0 saturated carbocycles. The van der Waals surface area contributed by atoms with Gasteiger partial charge in [0, 0.05) is 19.6 Å². The van der Waals surface area contributed by atoms with Crippen LogP contribution in [0, 0.1) is 0 Å². The van der Waals surface area contributed by atoms with Crippen LogP contribution in [0.15, 0.2) is 16.5 Å². The number of morpholine rings is 1. The van der Waals surface area contributed by atoms with Crippen molar-refractivity contribution in [1.29, 1.82) is 0 Å². The van der Waals surface area contributed by atoms with Gasteiger partial charge in [0.25, 0.3) is 0 Å². The van der Waals surface area contributed by atoms with Gasteiger partial charge in [0.2, 0.25) is 5.76 Å². The lowest BCUT2D eigenvalue weighted by Crippen LogP contribution is -2.46. The molecule has 1 N–H and O–H groups in total. The van der Waals surface area contributed by atoms with Gasteiger partial charge in [-0.3, -0.25) is 4.90 Å². The lowest BCUT2D eigenvalue weighted by molar-refractivity contribution is -0.0264. The number of nitrogens with one attached hydrogen (secondary N) is 1. The summed E-state index contributed by atoms with van der Waals surface area (Å²) in [7, 11) is 1.34. The molecule has 1 aromatic rings. The molecule has 0 amide bonds. The Hall–Kier alpha value is -1.37. The number of hydrogen-bond acceptors (Lipinski definition) is 6. The normalized spacial score (nSPS) is 21.2. The van der Waals surface area contributed by atoms with Gasteiger partial charge in [-0.25, -0.2) is 4.79 Å². The van der Waals surface area contributed by atoms with E-state index < -0.39 is 5.97 Å². The zero-order valence-electron chi connectivity index (χ0n) is 12.9. The minimum Gasteiger partial charge on any atom is -0.463 e. The number of methoxy groups -OCH3 is 1. The first-order valence-corrected chi connectivity index (χ1v) is 7.39. The number of likely N-dealkylation sites (N-methyl/N-ethyl adjacent to an activating group) is 1. The summed E-state index contributed by atoms with van der Waals surface area (Å²) in [4.78, 5) is 13.7. The lowest BCUT2D eigenvalue weighted by atomic mass is 10.2. The summed E-state index contributed by atoms with van der Waals surface area (Å²) in [5, 5.41) is 3.39. The number of esters is 1. The fraction of sp³-hybridized carbons (Fsp3) is 0.667. The van der Waals surface area contributed by atoms with Gasteiger partial charge < -0.3 is 19.2 Å². The molecule has 2 rings (SSSR count). The number of carbonyl (C=O) groups is 1. The van der Waals surface area contributed by atoms with Crippen molar-refractivity contribution in [1.82, 2.24) is 10.2 Å². The van der Waals surface area contributed by atoms with Crippen LogP contribution in [-0.4, -0.2) is 56.9 Å². The summed E-state index contributed by atoms with van der Waals surface area (Å²) >= 11 is 0. The SMILES string of the molecule is CCN1CCOC(CNC(C)c2ccc(C(=O)OC)o2)C1. The molecule has 1 aliphatic heterocycles. The zero-order chi connectivity index (χ0) is 15.2. The standard InChI is InChI=1S/C15H24N2O4/c1-4-17-7-8-20-12(10-17)9-16-11(2)13-5-6-14(21-13)15(18)19-3/h5-6,11-12,16H,4,7-10H2,1-3H3. The molecule has 1 fully saturated rings. The van der Waals surface area contributed by atoms with Crippen molar-refractivity contribution in [3.8, 4) is 0 Å². The van der Waals surface area contributed by atoms with E-state index in [1.807, 2.05) is 6.92 Å². The van der Waals surface area contributed by atoms with Crippen LogP contribution in [-0.2, 0) is 9.47 Å². The number of nitrogens with zero attached hydrogens (tertiary/aromatic N) is 1. The Morgan fingerprint density at radius 2 is 2.38 bits per heavy atom. The van der Waals surface area contributed by atoms with E-state index in [4.69, 9.17) is 9.15 Å². The average Bonchev–Trinajstić information content (AvgIpc) is 3.02. The van der Waals surface area contributed by atoms with Crippen LogP contribution in [0.3, 0.4) is 0 Å². The van der Waals surface area contributed by atoms with E-state index >= 15 is 0 Å². The molecule has 0 radical (unpaired) electrons. The van der Waals surface area contributed by atoms with Crippen molar-refractivity contribution in [3.05, 3.63) is 23.7 Å². The van der Waals surface area contributed by atoms with Gasteiger partial charge in [-0.1, -0.05) is 6.92 Å². The average molecular weight is 296 g/mol. The monoisotopic (exact) mass is 296 g/mol. The Bertz CT molecular complexity index is 460. The molecule has 0 bridgehead atoms. The van der Waals surface area contributed by atoms with Gasteiger partial charge in [-0.2, -0.15) is 0 Å². The predicted octanol–water partition coefficient (Wildman–Crippen LogP) is 1.44. The Kier molecular flexibility index (Phi) is 5.78. The largest absolute Gasteiger partial charge is 0.463 e. The third-order valence-electron chi connectivity index (χ3n) is 3.76. The van der Waals surface area contributed by atoms with E-state index in [0.29, 0.717) is 0 Å². The quantitative estimate of drug-likeness (QED) is 0.801. The Balaban J connectivity index is 1.82. The van der Waals surface area contributed by atoms with Crippen LogP contribution in [0.1, 0.15) is 36.2 Å². The van der Waals surface area contributed by atoms with E-state index in [1.165, 1.54) is 7.11 Å². The fourth-order valence-corrected chi connectivity index (χ4v) is 2.40. The molecule has 0 aliphatic carbocycles. The van der Waals surface area contributed by atoms with Gasteiger partial charge in [0.15, 0.2) is 0 Å². The third kappa shape index (κ3) is 4.30. The molecule has 0 aromatic carbocycles. The van der Waals surface area contributed by atoms with Crippen LogP contribution in [0.2, 0.25) is 0 Å². The molecule has 2 heterocycles. The summed E-state index contributed by atoms with van der Waals surface area (Å²) in [5.41, 5.74) is 0. The van der Waals surface area contributed by atoms with Gasteiger partial charge in [-0.05, 0) is 25.6 Å². The maximum absolute atomic E-state index is 11.4. The molecule has 1 saturated heterocycles. The highest BCUT2D eigenvalue weighted by Gasteiger charge is 2.21. The minimum absolute atomic E-state index is 0.0176. The van der Waals surface area contributed by atoms with Crippen molar-refractivity contribution in [2.24, 2.45) is 0 Å². The van der Waals surface area contributed by atoms with Gasteiger partial charge >= 0.3 is 5.97 Å². The summed E-state index contributed by atoms with van der Waals surface area (Å²) in [6.45, 7) is 8.70. The number of carbonyl (C=O) groups excluding carboxylic acids is 1. The molecular formula is C15H24N2O4. The first-order chi connectivity index (χ1) is 10.1. The topological polar surface area (TPSA) is 63.9 Å². The van der Waals surface area contributed by atoms with Crippen LogP contribution in [0.4, 0.5) is 0 Å². The second-order valence-corrected chi connectivity index (χ2v) is 5.21. The molecule has 6 nitrogen and oxygen atoms in total. The summed E-state index contributed by atoms with van der Waals surface area (Å²) in [6.07, 6.45) is 0.191. The molecule has 2 atom stereocenters. The Morgan fingerprint density at radius 3 is 3.10 bits per heavy atom. The highest BCUT2D eigenvalue weighted by Crippen LogP contribution is 2.17. The van der Waals surface area contributed by atoms with Gasteiger partial charge in [0.05, 0.1) is 25.9 Å². The van der Waals surface area contributed by atoms with E-state index in [2.05, 4.69) is 21.9 Å². The van der Waals surface area contributed by atoms with E-state index in [1.54, 1.807) is 12.1 Å². The van der Waals surface area contributed by atoms with Crippen LogP contribution in [0.25, 0.3) is 0 Å². The van der Waals surface area contributed by atoms with Crippen molar-refractivity contribution in [2.45, 2.75) is 26.0 Å². The maximum Gasteiger partial charge on any atom is 0.373 e. The second-order valence-electron chi connectivity index (χ2n) is 5.21. The minimum atomic E-state index is -0.456. The highest BCUT2D eigenvalue weighted by molar-refractivity contribution is 5.86. The summed E-state index contributed by atoms with van der Waals surface area (Å²) < 4.78 is 15.9. The highest BCUT2D eigenvalue weighted by atomic mass is 16.5. The van der Waals surface area contributed by atoms with Gasteiger partial charge in [0.1, 0.15) is 5.76 Å². The number of furan rings is 1. The second kappa shape index (κ2) is 7.59. The van der Waals surface area contributed by atoms with Crippen LogP contribution in [0.5, 0.6) is 0 Å². The predicted molar refractivity (Wildman–Crippen MR) is 78.3 cm³/mol. The molecule has 0 spiro atoms. The van der Waals surface area contributed by atoms with Gasteiger partial charge in [-0.15, -0.1) is 0 Å².